The van der Waals surface area contributed by atoms with Crippen molar-refractivity contribution in [3.63, 3.8) is 0 Å². The van der Waals surface area contributed by atoms with Crippen LogP contribution in [0.15, 0.2) is 66.7 Å². The minimum Gasteiger partial charge on any atom is -0.507 e. The van der Waals surface area contributed by atoms with Crippen molar-refractivity contribution in [2.45, 2.75) is 6.04 Å². The van der Waals surface area contributed by atoms with Gasteiger partial charge in [-0.1, -0.05) is 66.7 Å². The van der Waals surface area contributed by atoms with Crippen molar-refractivity contribution in [3.05, 3.63) is 77.9 Å². The van der Waals surface area contributed by atoms with Crippen molar-refractivity contribution >= 4 is 10.8 Å². The Kier molecular flexibility index (Phi) is 4.20. The van der Waals surface area contributed by atoms with E-state index in [4.69, 9.17) is 4.74 Å². The lowest BCUT2D eigenvalue weighted by molar-refractivity contribution is 0.0236. The number of hydrogen-bond acceptors (Lipinski definition) is 3. The van der Waals surface area contributed by atoms with Gasteiger partial charge in [0.25, 0.3) is 0 Å². The quantitative estimate of drug-likeness (QED) is 0.793. The van der Waals surface area contributed by atoms with E-state index in [2.05, 4.69) is 41.3 Å². The zero-order valence-corrected chi connectivity index (χ0v) is 13.6. The monoisotopic (exact) mass is 319 g/mol. The largest absolute Gasteiger partial charge is 0.507 e. The van der Waals surface area contributed by atoms with Crippen LogP contribution in [0.3, 0.4) is 0 Å². The molecule has 4 rings (SSSR count). The molecule has 3 nitrogen and oxygen atoms in total. The first-order valence-corrected chi connectivity index (χ1v) is 8.42. The number of phenols is 1. The van der Waals surface area contributed by atoms with Crippen molar-refractivity contribution < 1.29 is 9.84 Å². The van der Waals surface area contributed by atoms with Gasteiger partial charge in [0.1, 0.15) is 5.75 Å². The van der Waals surface area contributed by atoms with Gasteiger partial charge in [-0.05, 0) is 10.9 Å². The van der Waals surface area contributed by atoms with Gasteiger partial charge in [-0.15, -0.1) is 0 Å². The summed E-state index contributed by atoms with van der Waals surface area (Å²) in [5.41, 5.74) is 2.16. The van der Waals surface area contributed by atoms with E-state index in [0.717, 1.165) is 42.6 Å². The minimum absolute atomic E-state index is 0.0414. The average molecular weight is 319 g/mol. The minimum atomic E-state index is 0.0414. The molecule has 24 heavy (non-hydrogen) atoms. The third-order valence-corrected chi connectivity index (χ3v) is 4.75. The Morgan fingerprint density at radius 3 is 2.33 bits per heavy atom. The van der Waals surface area contributed by atoms with Crippen molar-refractivity contribution in [2.75, 3.05) is 26.3 Å². The second kappa shape index (κ2) is 6.63. The molecule has 1 heterocycles. The van der Waals surface area contributed by atoms with Gasteiger partial charge in [0, 0.05) is 24.0 Å². The van der Waals surface area contributed by atoms with Crippen LogP contribution in [0.25, 0.3) is 10.8 Å². The molecular formula is C21H21NO2. The molecule has 1 aliphatic rings. The van der Waals surface area contributed by atoms with Crippen molar-refractivity contribution in [1.29, 1.82) is 0 Å². The number of benzene rings is 3. The summed E-state index contributed by atoms with van der Waals surface area (Å²) in [4.78, 5) is 2.39. The fourth-order valence-electron chi connectivity index (χ4n) is 3.55. The highest BCUT2D eigenvalue weighted by Crippen LogP contribution is 2.38. The summed E-state index contributed by atoms with van der Waals surface area (Å²) < 4.78 is 5.52. The van der Waals surface area contributed by atoms with E-state index >= 15 is 0 Å². The molecule has 0 aromatic heterocycles. The predicted molar refractivity (Wildman–Crippen MR) is 96.3 cm³/mol. The number of fused-ring (bicyclic) bond motifs is 1. The van der Waals surface area contributed by atoms with Gasteiger partial charge in [0.15, 0.2) is 0 Å². The zero-order chi connectivity index (χ0) is 16.4. The van der Waals surface area contributed by atoms with Gasteiger partial charge in [0.2, 0.25) is 0 Å². The van der Waals surface area contributed by atoms with Crippen LogP contribution in [-0.4, -0.2) is 36.3 Å². The maximum Gasteiger partial charge on any atom is 0.128 e. The third kappa shape index (κ3) is 2.77. The van der Waals surface area contributed by atoms with E-state index in [0.29, 0.717) is 5.75 Å². The fourth-order valence-corrected chi connectivity index (χ4v) is 3.55. The van der Waals surface area contributed by atoms with E-state index in [9.17, 15) is 5.11 Å². The first-order valence-electron chi connectivity index (χ1n) is 8.42. The van der Waals surface area contributed by atoms with Crippen LogP contribution in [0.2, 0.25) is 0 Å². The van der Waals surface area contributed by atoms with Crippen molar-refractivity contribution in [3.8, 4) is 5.75 Å². The summed E-state index contributed by atoms with van der Waals surface area (Å²) in [6.45, 7) is 3.20. The third-order valence-electron chi connectivity index (χ3n) is 4.75. The molecule has 1 atom stereocenters. The second-order valence-electron chi connectivity index (χ2n) is 6.19. The molecule has 1 saturated heterocycles. The maximum absolute atomic E-state index is 11.0. The predicted octanol–water partition coefficient (Wildman–Crippen LogP) is 3.97. The molecule has 1 aliphatic heterocycles. The van der Waals surface area contributed by atoms with Gasteiger partial charge in [-0.2, -0.15) is 0 Å². The van der Waals surface area contributed by atoms with E-state index < -0.39 is 0 Å². The van der Waals surface area contributed by atoms with Crippen molar-refractivity contribution in [1.82, 2.24) is 4.90 Å². The second-order valence-corrected chi connectivity index (χ2v) is 6.19. The Hall–Kier alpha value is -2.36. The Morgan fingerprint density at radius 1 is 0.833 bits per heavy atom. The number of morpholine rings is 1. The number of aromatic hydroxyl groups is 1. The molecule has 3 heteroatoms. The molecule has 0 spiro atoms. The van der Waals surface area contributed by atoms with Crippen LogP contribution in [0.5, 0.6) is 5.75 Å². The first-order chi connectivity index (χ1) is 11.8. The van der Waals surface area contributed by atoms with Gasteiger partial charge in [-0.25, -0.2) is 0 Å². The Balaban J connectivity index is 1.85. The SMILES string of the molecule is Oc1c([C@H](c2ccccc2)N2CCOCC2)ccc2ccccc12. The highest BCUT2D eigenvalue weighted by atomic mass is 16.5. The average Bonchev–Trinajstić information content (AvgIpc) is 2.66. The van der Waals surface area contributed by atoms with Crippen LogP contribution in [0, 0.1) is 0 Å². The lowest BCUT2D eigenvalue weighted by atomic mass is 9.93. The molecule has 122 valence electrons. The number of nitrogens with zero attached hydrogens (tertiary/aromatic N) is 1. The molecular weight excluding hydrogens is 298 g/mol. The number of hydrogen-bond donors (Lipinski definition) is 1. The topological polar surface area (TPSA) is 32.7 Å². The molecule has 3 aromatic carbocycles. The van der Waals surface area contributed by atoms with E-state index in [1.54, 1.807) is 0 Å². The summed E-state index contributed by atoms with van der Waals surface area (Å²) in [6, 6.07) is 22.6. The lowest BCUT2D eigenvalue weighted by Gasteiger charge is -2.35. The molecule has 1 fully saturated rings. The summed E-state index contributed by atoms with van der Waals surface area (Å²) >= 11 is 0. The number of ether oxygens (including phenoxy) is 1. The molecule has 0 radical (unpaired) electrons. The van der Waals surface area contributed by atoms with Crippen LogP contribution >= 0.6 is 0 Å². The smallest absolute Gasteiger partial charge is 0.128 e. The zero-order valence-electron chi connectivity index (χ0n) is 13.6. The maximum atomic E-state index is 11.0. The van der Waals surface area contributed by atoms with Gasteiger partial charge in [0.05, 0.1) is 19.3 Å². The standard InChI is InChI=1S/C21H21NO2/c23-21-18-9-5-4-6-16(18)10-11-19(21)20(17-7-2-1-3-8-17)22-12-14-24-15-13-22/h1-11,20,23H,12-15H2/t20-/m0/s1. The Labute approximate surface area is 142 Å². The molecule has 0 amide bonds. The molecule has 1 N–H and O–H groups in total. The number of rotatable bonds is 3. The fraction of sp³-hybridized carbons (Fsp3) is 0.238. The summed E-state index contributed by atoms with van der Waals surface area (Å²) in [7, 11) is 0. The van der Waals surface area contributed by atoms with Gasteiger partial charge >= 0.3 is 0 Å². The molecule has 0 saturated carbocycles. The normalized spacial score (nSPS) is 17.0. The summed E-state index contributed by atoms with van der Waals surface area (Å²) in [5, 5.41) is 12.9. The number of phenolic OH excluding ortho intramolecular Hbond substituents is 1. The van der Waals surface area contributed by atoms with Crippen LogP contribution in [-0.2, 0) is 4.74 Å². The van der Waals surface area contributed by atoms with Crippen molar-refractivity contribution in [2.24, 2.45) is 0 Å². The highest BCUT2D eigenvalue weighted by molar-refractivity contribution is 5.89. The Bertz CT molecular complexity index is 826. The van der Waals surface area contributed by atoms with Crippen LogP contribution in [0.4, 0.5) is 0 Å². The molecule has 3 aromatic rings. The van der Waals surface area contributed by atoms with Crippen LogP contribution in [0.1, 0.15) is 17.2 Å². The molecule has 0 bridgehead atoms. The summed E-state index contributed by atoms with van der Waals surface area (Å²) in [6.07, 6.45) is 0. The first kappa shape index (κ1) is 15.2. The molecule has 0 unspecified atom stereocenters. The van der Waals surface area contributed by atoms with Crippen LogP contribution < -0.4 is 0 Å². The van der Waals surface area contributed by atoms with Gasteiger partial charge < -0.3 is 9.84 Å². The molecule has 0 aliphatic carbocycles. The highest BCUT2D eigenvalue weighted by Gasteiger charge is 2.26. The van der Waals surface area contributed by atoms with E-state index in [1.165, 1.54) is 5.56 Å². The lowest BCUT2D eigenvalue weighted by Crippen LogP contribution is -2.39. The van der Waals surface area contributed by atoms with E-state index in [1.807, 2.05) is 30.3 Å². The van der Waals surface area contributed by atoms with E-state index in [-0.39, 0.29) is 6.04 Å². The van der Waals surface area contributed by atoms with Gasteiger partial charge in [-0.3, -0.25) is 4.90 Å². The Morgan fingerprint density at radius 2 is 1.54 bits per heavy atom. The summed E-state index contributed by atoms with van der Waals surface area (Å²) in [5.74, 6) is 0.383.